The van der Waals surface area contributed by atoms with E-state index in [2.05, 4.69) is 27.6 Å². The predicted octanol–water partition coefficient (Wildman–Crippen LogP) is 2.83. The molecule has 3 aromatic rings. The summed E-state index contributed by atoms with van der Waals surface area (Å²) in [6, 6.07) is 13.9. The monoisotopic (exact) mass is 347 g/mol. The lowest BCUT2D eigenvalue weighted by atomic mass is 9.89. The Bertz CT molecular complexity index is 1010. The number of ether oxygens (including phenoxy) is 2. The van der Waals surface area contributed by atoms with Gasteiger partial charge in [-0.3, -0.25) is 9.89 Å². The lowest BCUT2D eigenvalue weighted by molar-refractivity contribution is 0.0945. The zero-order valence-corrected chi connectivity index (χ0v) is 14.0. The third kappa shape index (κ3) is 2.42. The van der Waals surface area contributed by atoms with E-state index in [0.717, 1.165) is 41.0 Å². The van der Waals surface area contributed by atoms with Crippen molar-refractivity contribution in [2.45, 2.75) is 19.4 Å². The van der Waals surface area contributed by atoms with Gasteiger partial charge in [0.15, 0.2) is 11.5 Å². The second-order valence-corrected chi connectivity index (χ2v) is 6.45. The number of amides is 1. The lowest BCUT2D eigenvalue weighted by Crippen LogP contribution is -2.24. The number of rotatable bonds is 3. The lowest BCUT2D eigenvalue weighted by Gasteiger charge is -2.15. The Morgan fingerprint density at radius 1 is 1.12 bits per heavy atom. The Hall–Kier alpha value is -3.28. The van der Waals surface area contributed by atoms with E-state index in [1.807, 2.05) is 30.3 Å². The molecule has 1 aliphatic carbocycles. The number of carbonyl (C=O) groups excluding carboxylic acids is 1. The molecule has 0 bridgehead atoms. The molecule has 26 heavy (non-hydrogen) atoms. The van der Waals surface area contributed by atoms with Gasteiger partial charge in [-0.25, -0.2) is 0 Å². The molecule has 0 saturated carbocycles. The molecule has 2 aromatic carbocycles. The molecule has 0 saturated heterocycles. The van der Waals surface area contributed by atoms with Crippen molar-refractivity contribution in [3.63, 3.8) is 0 Å². The Labute approximate surface area is 150 Å². The number of benzene rings is 2. The van der Waals surface area contributed by atoms with Crippen molar-refractivity contribution >= 4 is 5.91 Å². The molecule has 0 unspecified atom stereocenters. The normalized spacial score (nSPS) is 13.8. The van der Waals surface area contributed by atoms with Crippen LogP contribution in [-0.4, -0.2) is 22.9 Å². The molecule has 0 radical (unpaired) electrons. The summed E-state index contributed by atoms with van der Waals surface area (Å²) in [4.78, 5) is 12.7. The smallest absolute Gasteiger partial charge is 0.269 e. The minimum Gasteiger partial charge on any atom is -0.454 e. The highest BCUT2D eigenvalue weighted by atomic mass is 16.7. The molecule has 2 aliphatic rings. The molecule has 0 atom stereocenters. The Morgan fingerprint density at radius 2 is 2.00 bits per heavy atom. The number of aromatic nitrogens is 2. The SMILES string of the molecule is O=C(NCc1ccc2c(c1)OCO2)c1[nH]nc2c1CCc1ccccc1-2. The average molecular weight is 347 g/mol. The second-order valence-electron chi connectivity index (χ2n) is 6.45. The first-order valence-electron chi connectivity index (χ1n) is 8.62. The Kier molecular flexibility index (Phi) is 3.41. The van der Waals surface area contributed by atoms with E-state index in [0.29, 0.717) is 18.0 Å². The summed E-state index contributed by atoms with van der Waals surface area (Å²) in [6.07, 6.45) is 1.74. The molecule has 6 heteroatoms. The van der Waals surface area contributed by atoms with E-state index in [4.69, 9.17) is 9.47 Å². The molecule has 2 heterocycles. The van der Waals surface area contributed by atoms with Crippen LogP contribution in [0.25, 0.3) is 11.3 Å². The number of hydrogen-bond donors (Lipinski definition) is 2. The maximum absolute atomic E-state index is 12.7. The molecule has 1 aromatic heterocycles. The standard InChI is InChI=1S/C20H17N3O3/c24-20(21-10-12-5-8-16-17(9-12)26-11-25-16)19-15-7-6-13-3-1-2-4-14(13)18(15)22-23-19/h1-5,8-9H,6-7,10-11H2,(H,21,24)(H,22,23). The van der Waals surface area contributed by atoms with E-state index >= 15 is 0 Å². The van der Waals surface area contributed by atoms with E-state index in [1.165, 1.54) is 5.56 Å². The van der Waals surface area contributed by atoms with E-state index in [1.54, 1.807) is 0 Å². The average Bonchev–Trinajstić information content (AvgIpc) is 3.32. The van der Waals surface area contributed by atoms with E-state index in [9.17, 15) is 4.79 Å². The summed E-state index contributed by atoms with van der Waals surface area (Å²) < 4.78 is 10.7. The van der Waals surface area contributed by atoms with E-state index in [-0.39, 0.29) is 12.7 Å². The zero-order valence-electron chi connectivity index (χ0n) is 14.0. The van der Waals surface area contributed by atoms with Gasteiger partial charge >= 0.3 is 0 Å². The van der Waals surface area contributed by atoms with Gasteiger partial charge in [0.2, 0.25) is 6.79 Å². The van der Waals surface area contributed by atoms with Gasteiger partial charge in [0.25, 0.3) is 5.91 Å². The van der Waals surface area contributed by atoms with Gasteiger partial charge in [-0.1, -0.05) is 30.3 Å². The van der Waals surface area contributed by atoms with Crippen molar-refractivity contribution in [2.24, 2.45) is 0 Å². The summed E-state index contributed by atoms with van der Waals surface area (Å²) in [6.45, 7) is 0.659. The van der Waals surface area contributed by atoms with Gasteiger partial charge in [0.05, 0.1) is 5.69 Å². The topological polar surface area (TPSA) is 76.2 Å². The van der Waals surface area contributed by atoms with Gasteiger partial charge in [0.1, 0.15) is 5.69 Å². The van der Waals surface area contributed by atoms with Gasteiger partial charge in [-0.2, -0.15) is 5.10 Å². The number of hydrogen-bond acceptors (Lipinski definition) is 4. The predicted molar refractivity (Wildman–Crippen MR) is 95.2 cm³/mol. The van der Waals surface area contributed by atoms with Crippen LogP contribution in [0.4, 0.5) is 0 Å². The van der Waals surface area contributed by atoms with Crippen molar-refractivity contribution in [1.82, 2.24) is 15.5 Å². The molecule has 130 valence electrons. The van der Waals surface area contributed by atoms with Gasteiger partial charge in [-0.15, -0.1) is 0 Å². The van der Waals surface area contributed by atoms with Crippen LogP contribution in [0.3, 0.4) is 0 Å². The number of aromatic amines is 1. The maximum Gasteiger partial charge on any atom is 0.269 e. The molecule has 1 amide bonds. The van der Waals surface area contributed by atoms with Crippen molar-refractivity contribution in [1.29, 1.82) is 0 Å². The zero-order chi connectivity index (χ0) is 17.5. The molecular formula is C20H17N3O3. The third-order valence-corrected chi connectivity index (χ3v) is 4.90. The first kappa shape index (κ1) is 15.0. The highest BCUT2D eigenvalue weighted by Crippen LogP contribution is 2.34. The molecule has 6 nitrogen and oxygen atoms in total. The van der Waals surface area contributed by atoms with Crippen LogP contribution in [0.2, 0.25) is 0 Å². The molecule has 1 aliphatic heterocycles. The largest absolute Gasteiger partial charge is 0.454 e. The van der Waals surface area contributed by atoms with Gasteiger partial charge in [0, 0.05) is 17.7 Å². The molecule has 5 rings (SSSR count). The van der Waals surface area contributed by atoms with Crippen LogP contribution in [0, 0.1) is 0 Å². The molecular weight excluding hydrogens is 330 g/mol. The minimum atomic E-state index is -0.143. The van der Waals surface area contributed by atoms with Gasteiger partial charge in [-0.05, 0) is 36.1 Å². The molecule has 2 N–H and O–H groups in total. The number of carbonyl (C=O) groups is 1. The van der Waals surface area contributed by atoms with Crippen LogP contribution in [0.5, 0.6) is 11.5 Å². The number of aryl methyl sites for hydroxylation is 1. The van der Waals surface area contributed by atoms with Crippen LogP contribution in [-0.2, 0) is 19.4 Å². The minimum absolute atomic E-state index is 0.143. The summed E-state index contributed by atoms with van der Waals surface area (Å²) in [5, 5.41) is 10.3. The van der Waals surface area contributed by atoms with Crippen LogP contribution in [0.15, 0.2) is 42.5 Å². The summed E-state index contributed by atoms with van der Waals surface area (Å²) in [7, 11) is 0. The maximum atomic E-state index is 12.7. The fraction of sp³-hybridized carbons (Fsp3) is 0.200. The van der Waals surface area contributed by atoms with Crippen molar-refractivity contribution in [3.8, 4) is 22.8 Å². The first-order chi connectivity index (χ1) is 12.8. The highest BCUT2D eigenvalue weighted by molar-refractivity contribution is 5.96. The fourth-order valence-electron chi connectivity index (χ4n) is 3.57. The number of nitrogens with one attached hydrogen (secondary N) is 2. The Morgan fingerprint density at radius 3 is 2.96 bits per heavy atom. The summed E-state index contributed by atoms with van der Waals surface area (Å²) in [5.74, 6) is 1.31. The highest BCUT2D eigenvalue weighted by Gasteiger charge is 2.25. The summed E-state index contributed by atoms with van der Waals surface area (Å²) >= 11 is 0. The number of nitrogens with zero attached hydrogens (tertiary/aromatic N) is 1. The fourth-order valence-corrected chi connectivity index (χ4v) is 3.57. The van der Waals surface area contributed by atoms with Crippen LogP contribution in [0.1, 0.15) is 27.2 Å². The van der Waals surface area contributed by atoms with Crippen LogP contribution < -0.4 is 14.8 Å². The van der Waals surface area contributed by atoms with Crippen molar-refractivity contribution in [3.05, 3.63) is 64.8 Å². The van der Waals surface area contributed by atoms with Gasteiger partial charge < -0.3 is 14.8 Å². The number of H-pyrrole nitrogens is 1. The van der Waals surface area contributed by atoms with E-state index < -0.39 is 0 Å². The third-order valence-electron chi connectivity index (χ3n) is 4.90. The quantitative estimate of drug-likeness (QED) is 0.764. The van der Waals surface area contributed by atoms with Crippen molar-refractivity contribution in [2.75, 3.05) is 6.79 Å². The number of fused-ring (bicyclic) bond motifs is 4. The first-order valence-corrected chi connectivity index (χ1v) is 8.62. The second kappa shape index (κ2) is 5.91. The van der Waals surface area contributed by atoms with Crippen molar-refractivity contribution < 1.29 is 14.3 Å². The molecule has 0 fully saturated rings. The summed E-state index contributed by atoms with van der Waals surface area (Å²) in [5.41, 5.74) is 5.78. The van der Waals surface area contributed by atoms with Crippen LogP contribution >= 0.6 is 0 Å². The Balaban J connectivity index is 1.35. The molecule has 0 spiro atoms.